The third-order valence-electron chi connectivity index (χ3n) is 4.10. The van der Waals surface area contributed by atoms with Gasteiger partial charge in [0.1, 0.15) is 5.66 Å². The molecule has 0 aromatic carbocycles. The van der Waals surface area contributed by atoms with Gasteiger partial charge in [0.05, 0.1) is 20.1 Å². The first-order chi connectivity index (χ1) is 5.66. The zero-order valence-electron chi connectivity index (χ0n) is 8.56. The van der Waals surface area contributed by atoms with Gasteiger partial charge >= 0.3 is 0 Å². The summed E-state index contributed by atoms with van der Waals surface area (Å²) in [6.45, 7) is 2.63. The summed E-state index contributed by atoms with van der Waals surface area (Å²) in [5.74, 6) is 0. The minimum Gasteiger partial charge on any atom is -1.00 e. The van der Waals surface area contributed by atoms with Crippen molar-refractivity contribution in [2.24, 2.45) is 5.73 Å². The summed E-state index contributed by atoms with van der Waals surface area (Å²) in [4.78, 5) is 0. The largest absolute Gasteiger partial charge is 1.00 e. The molecule has 2 saturated heterocycles. The molecule has 13 heavy (non-hydrogen) atoms. The number of quaternary nitrogens is 1. The molecule has 0 amide bonds. The molecule has 0 atom stereocenters. The van der Waals surface area contributed by atoms with Crippen molar-refractivity contribution in [3.05, 3.63) is 0 Å². The lowest BCUT2D eigenvalue weighted by molar-refractivity contribution is -0.969. The summed E-state index contributed by atoms with van der Waals surface area (Å²) >= 11 is 0. The van der Waals surface area contributed by atoms with Gasteiger partial charge in [-0.1, -0.05) is 0 Å². The molecule has 0 aromatic rings. The van der Waals surface area contributed by atoms with Crippen molar-refractivity contribution in [3.63, 3.8) is 0 Å². The second kappa shape index (κ2) is 3.87. The first-order valence-corrected chi connectivity index (χ1v) is 5.30. The first-order valence-electron chi connectivity index (χ1n) is 5.30. The highest BCUT2D eigenvalue weighted by Gasteiger charge is 2.48. The number of halogens is 1. The van der Waals surface area contributed by atoms with Gasteiger partial charge < -0.3 is 21.5 Å². The quantitative estimate of drug-likeness (QED) is 0.517. The van der Waals surface area contributed by atoms with E-state index in [4.69, 9.17) is 5.73 Å². The van der Waals surface area contributed by atoms with Crippen LogP contribution in [0.3, 0.4) is 0 Å². The summed E-state index contributed by atoms with van der Waals surface area (Å²) in [6.07, 6.45) is 7.98. The Balaban J connectivity index is 0.000000845. The van der Waals surface area contributed by atoms with E-state index in [1.807, 2.05) is 0 Å². The second-order valence-corrected chi connectivity index (χ2v) is 4.86. The average Bonchev–Trinajstić information content (AvgIpc) is 2.05. The summed E-state index contributed by atoms with van der Waals surface area (Å²) in [5.41, 5.74) is 6.62. The second-order valence-electron chi connectivity index (χ2n) is 4.86. The molecule has 0 aromatic heterocycles. The molecule has 2 aliphatic heterocycles. The molecular formula is C10H21BrN2. The van der Waals surface area contributed by atoms with Crippen molar-refractivity contribution < 1.29 is 21.5 Å². The van der Waals surface area contributed by atoms with Crippen molar-refractivity contribution in [3.8, 4) is 0 Å². The van der Waals surface area contributed by atoms with Gasteiger partial charge in [-0.2, -0.15) is 0 Å². The highest BCUT2D eigenvalue weighted by Crippen LogP contribution is 2.37. The zero-order chi connectivity index (χ0) is 8.66. The number of piperidine rings is 2. The third-order valence-corrected chi connectivity index (χ3v) is 4.10. The van der Waals surface area contributed by atoms with E-state index >= 15 is 0 Å². The SMILES string of the molecule is C[N+]12CCCCC1(N)CCCC2.[Br-]. The van der Waals surface area contributed by atoms with Gasteiger partial charge in [-0.05, 0) is 25.7 Å². The highest BCUT2D eigenvalue weighted by molar-refractivity contribution is 4.81. The van der Waals surface area contributed by atoms with Crippen molar-refractivity contribution in [1.29, 1.82) is 0 Å². The van der Waals surface area contributed by atoms with Crippen LogP contribution >= 0.6 is 0 Å². The lowest BCUT2D eigenvalue weighted by Crippen LogP contribution is -3.00. The molecule has 2 fully saturated rings. The van der Waals surface area contributed by atoms with Crippen molar-refractivity contribution in [1.82, 2.24) is 0 Å². The van der Waals surface area contributed by atoms with Gasteiger partial charge in [0.25, 0.3) is 0 Å². The van der Waals surface area contributed by atoms with Crippen molar-refractivity contribution in [2.45, 2.75) is 44.2 Å². The zero-order valence-corrected chi connectivity index (χ0v) is 10.1. The van der Waals surface area contributed by atoms with Gasteiger partial charge in [0.15, 0.2) is 0 Å². The van der Waals surface area contributed by atoms with Crippen molar-refractivity contribution >= 4 is 0 Å². The molecule has 2 aliphatic rings. The predicted molar refractivity (Wildman–Crippen MR) is 50.5 cm³/mol. The van der Waals surface area contributed by atoms with Crippen LogP contribution in [0.15, 0.2) is 0 Å². The van der Waals surface area contributed by atoms with Crippen LogP contribution in [0.1, 0.15) is 38.5 Å². The Morgan fingerprint density at radius 3 is 1.85 bits per heavy atom. The van der Waals surface area contributed by atoms with Gasteiger partial charge in [-0.15, -0.1) is 0 Å². The lowest BCUT2D eigenvalue weighted by Gasteiger charge is -2.54. The minimum absolute atomic E-state index is 0. The standard InChI is InChI=1S/C10H21N2.BrH/c1-12-8-4-2-6-10(12,11)7-3-5-9-12;/h2-9,11H2,1H3;1H/q+1;/p-1. The fraction of sp³-hybridized carbons (Fsp3) is 1.00. The summed E-state index contributed by atoms with van der Waals surface area (Å²) in [5, 5.41) is 0. The molecule has 0 saturated carbocycles. The van der Waals surface area contributed by atoms with Crippen LogP contribution in [0.25, 0.3) is 0 Å². The van der Waals surface area contributed by atoms with E-state index in [0.717, 1.165) is 4.48 Å². The molecule has 2 nitrogen and oxygen atoms in total. The van der Waals surface area contributed by atoms with E-state index < -0.39 is 0 Å². The number of nitrogens with two attached hydrogens (primary N) is 1. The topological polar surface area (TPSA) is 26.0 Å². The minimum atomic E-state index is 0. The Hall–Kier alpha value is 0.400. The lowest BCUT2D eigenvalue weighted by atomic mass is 9.85. The third kappa shape index (κ3) is 1.79. The number of nitrogens with zero attached hydrogens (tertiary/aromatic N) is 1. The molecular weight excluding hydrogens is 228 g/mol. The van der Waals surface area contributed by atoms with E-state index in [9.17, 15) is 0 Å². The van der Waals surface area contributed by atoms with Crippen molar-refractivity contribution in [2.75, 3.05) is 20.1 Å². The van der Waals surface area contributed by atoms with Crippen LogP contribution in [-0.4, -0.2) is 30.3 Å². The van der Waals surface area contributed by atoms with Crippen LogP contribution in [0, 0.1) is 0 Å². The molecule has 0 bridgehead atoms. The molecule has 3 heteroatoms. The smallest absolute Gasteiger partial charge is 0.150 e. The Kier molecular flexibility index (Phi) is 3.42. The molecule has 2 rings (SSSR count). The van der Waals surface area contributed by atoms with Gasteiger partial charge in [0, 0.05) is 12.8 Å². The van der Waals surface area contributed by atoms with Gasteiger partial charge in [0.2, 0.25) is 0 Å². The Morgan fingerprint density at radius 2 is 1.46 bits per heavy atom. The molecule has 0 spiro atoms. The van der Waals surface area contributed by atoms with Crippen LogP contribution in [0.4, 0.5) is 0 Å². The first kappa shape index (κ1) is 11.5. The van der Waals surface area contributed by atoms with Gasteiger partial charge in [-0.25, -0.2) is 0 Å². The van der Waals surface area contributed by atoms with Crippen LogP contribution in [0.2, 0.25) is 0 Å². The summed E-state index contributed by atoms with van der Waals surface area (Å²) < 4.78 is 1.16. The van der Waals surface area contributed by atoms with E-state index in [1.165, 1.54) is 51.6 Å². The molecule has 0 radical (unpaired) electrons. The fourth-order valence-electron chi connectivity index (χ4n) is 3.01. The van der Waals surface area contributed by atoms with E-state index in [2.05, 4.69) is 7.05 Å². The average molecular weight is 249 g/mol. The Morgan fingerprint density at radius 1 is 1.00 bits per heavy atom. The highest BCUT2D eigenvalue weighted by atomic mass is 79.9. The predicted octanol–water partition coefficient (Wildman–Crippen LogP) is -1.54. The van der Waals surface area contributed by atoms with Crippen LogP contribution < -0.4 is 22.7 Å². The van der Waals surface area contributed by atoms with Crippen LogP contribution in [0.5, 0.6) is 0 Å². The summed E-state index contributed by atoms with van der Waals surface area (Å²) in [7, 11) is 2.36. The van der Waals surface area contributed by atoms with E-state index in [0.29, 0.717) is 0 Å². The molecule has 78 valence electrons. The van der Waals surface area contributed by atoms with E-state index in [-0.39, 0.29) is 22.6 Å². The molecule has 2 N–H and O–H groups in total. The normalized spacial score (nSPS) is 44.8. The molecule has 0 aliphatic carbocycles. The maximum Gasteiger partial charge on any atom is 0.150 e. The molecule has 2 heterocycles. The number of hydrogen-bond acceptors (Lipinski definition) is 1. The number of rotatable bonds is 0. The Bertz CT molecular complexity index is 150. The Labute approximate surface area is 91.8 Å². The monoisotopic (exact) mass is 248 g/mol. The van der Waals surface area contributed by atoms with E-state index in [1.54, 1.807) is 0 Å². The maximum absolute atomic E-state index is 6.47. The van der Waals surface area contributed by atoms with Gasteiger partial charge in [-0.3, -0.25) is 5.73 Å². The summed E-state index contributed by atoms with van der Waals surface area (Å²) in [6, 6.07) is 0. The molecule has 0 unspecified atom stereocenters. The number of hydrogen-bond donors (Lipinski definition) is 1. The fourth-order valence-corrected chi connectivity index (χ4v) is 3.01. The number of fused-ring (bicyclic) bond motifs is 1. The van der Waals surface area contributed by atoms with Crippen LogP contribution in [-0.2, 0) is 0 Å². The maximum atomic E-state index is 6.47.